The highest BCUT2D eigenvalue weighted by Crippen LogP contribution is 2.09. The van der Waals surface area contributed by atoms with E-state index in [0.29, 0.717) is 31.7 Å². The molecule has 1 saturated heterocycles. The maximum absolute atomic E-state index is 13.6. The van der Waals surface area contributed by atoms with Gasteiger partial charge in [-0.05, 0) is 13.0 Å². The van der Waals surface area contributed by atoms with Gasteiger partial charge < -0.3 is 10.1 Å². The molecule has 1 heterocycles. The fourth-order valence-corrected chi connectivity index (χ4v) is 2.69. The number of piperazine rings is 1. The smallest absolute Gasteiger partial charge is 0.319 e. The fraction of sp³-hybridized carbons (Fsp3) is 0.529. The lowest BCUT2D eigenvalue weighted by Crippen LogP contribution is -2.54. The summed E-state index contributed by atoms with van der Waals surface area (Å²) < 4.78 is 18.2. The van der Waals surface area contributed by atoms with E-state index < -0.39 is 0 Å². The molecule has 0 bridgehead atoms. The first kappa shape index (κ1) is 18.4. The van der Waals surface area contributed by atoms with Gasteiger partial charge in [0.15, 0.2) is 0 Å². The Morgan fingerprint density at radius 1 is 1.25 bits per heavy atom. The van der Waals surface area contributed by atoms with Crippen LogP contribution in [0, 0.1) is 5.82 Å². The van der Waals surface area contributed by atoms with E-state index in [-0.39, 0.29) is 36.8 Å². The summed E-state index contributed by atoms with van der Waals surface area (Å²) in [4.78, 5) is 27.6. The predicted octanol–water partition coefficient (Wildman–Crippen LogP) is 0.621. The number of rotatable bonds is 6. The van der Waals surface area contributed by atoms with Crippen LogP contribution in [0.5, 0.6) is 0 Å². The number of hydrogen-bond donors (Lipinski definition) is 1. The molecule has 1 aliphatic heterocycles. The molecule has 2 rings (SSSR count). The van der Waals surface area contributed by atoms with E-state index in [1.807, 2.05) is 11.8 Å². The van der Waals surface area contributed by atoms with E-state index in [4.69, 9.17) is 0 Å². The minimum absolute atomic E-state index is 0.125. The second-order valence-corrected chi connectivity index (χ2v) is 5.87. The molecular formula is C17H24FN3O3. The number of hydrogen-bond acceptors (Lipinski definition) is 5. The molecule has 0 unspecified atom stereocenters. The zero-order valence-corrected chi connectivity index (χ0v) is 14.1. The van der Waals surface area contributed by atoms with Crippen molar-refractivity contribution in [3.8, 4) is 0 Å². The molecule has 0 radical (unpaired) electrons. The number of nitrogens with zero attached hydrogens (tertiary/aromatic N) is 2. The van der Waals surface area contributed by atoms with Crippen molar-refractivity contribution in [2.24, 2.45) is 0 Å². The highest BCUT2D eigenvalue weighted by Gasteiger charge is 2.26. The summed E-state index contributed by atoms with van der Waals surface area (Å²) in [5.74, 6) is -0.694. The van der Waals surface area contributed by atoms with Crippen LogP contribution in [0.2, 0.25) is 0 Å². The van der Waals surface area contributed by atoms with Gasteiger partial charge >= 0.3 is 5.97 Å². The molecule has 0 aromatic heterocycles. The van der Waals surface area contributed by atoms with Gasteiger partial charge in [-0.15, -0.1) is 0 Å². The number of esters is 1. The molecule has 1 amide bonds. The van der Waals surface area contributed by atoms with Crippen LogP contribution in [0.25, 0.3) is 0 Å². The third-order valence-electron chi connectivity index (χ3n) is 4.33. The van der Waals surface area contributed by atoms with Crippen LogP contribution in [-0.4, -0.2) is 67.6 Å². The van der Waals surface area contributed by atoms with Gasteiger partial charge in [0.05, 0.1) is 19.7 Å². The molecule has 1 fully saturated rings. The number of nitrogens with one attached hydrogen (secondary N) is 1. The Bertz CT molecular complexity index is 574. The van der Waals surface area contributed by atoms with Crippen LogP contribution in [0.3, 0.4) is 0 Å². The zero-order valence-electron chi connectivity index (χ0n) is 14.1. The van der Waals surface area contributed by atoms with Gasteiger partial charge in [0, 0.05) is 38.3 Å². The van der Waals surface area contributed by atoms with Gasteiger partial charge in [-0.3, -0.25) is 19.4 Å². The molecule has 24 heavy (non-hydrogen) atoms. The van der Waals surface area contributed by atoms with Crippen LogP contribution in [0.4, 0.5) is 4.39 Å². The van der Waals surface area contributed by atoms with Crippen molar-refractivity contribution in [1.82, 2.24) is 15.1 Å². The summed E-state index contributed by atoms with van der Waals surface area (Å²) in [7, 11) is 1.38. The molecule has 1 aliphatic rings. The van der Waals surface area contributed by atoms with Crippen LogP contribution in [0.1, 0.15) is 12.5 Å². The summed E-state index contributed by atoms with van der Waals surface area (Å²) in [6.07, 6.45) is 0. The number of halogens is 1. The normalized spacial score (nSPS) is 17.3. The quantitative estimate of drug-likeness (QED) is 0.771. The fourth-order valence-electron chi connectivity index (χ4n) is 2.69. The Kier molecular flexibility index (Phi) is 6.69. The Hall–Kier alpha value is -1.99. The maximum atomic E-state index is 13.6. The second kappa shape index (κ2) is 8.75. The molecule has 1 N–H and O–H groups in total. The van der Waals surface area contributed by atoms with Crippen LogP contribution in [0.15, 0.2) is 24.3 Å². The summed E-state index contributed by atoms with van der Waals surface area (Å²) in [6, 6.07) is 6.11. The molecule has 1 aromatic carbocycles. The molecule has 0 aliphatic carbocycles. The van der Waals surface area contributed by atoms with Gasteiger partial charge in [0.25, 0.3) is 0 Å². The Morgan fingerprint density at radius 3 is 2.54 bits per heavy atom. The van der Waals surface area contributed by atoms with Crippen molar-refractivity contribution in [2.75, 3.05) is 39.8 Å². The van der Waals surface area contributed by atoms with E-state index >= 15 is 0 Å². The van der Waals surface area contributed by atoms with E-state index in [1.54, 1.807) is 18.2 Å². The number of benzene rings is 1. The van der Waals surface area contributed by atoms with Gasteiger partial charge in [0.1, 0.15) is 5.82 Å². The van der Waals surface area contributed by atoms with Gasteiger partial charge in [-0.25, -0.2) is 4.39 Å². The molecule has 6 nitrogen and oxygen atoms in total. The first-order valence-corrected chi connectivity index (χ1v) is 8.05. The molecular weight excluding hydrogens is 313 g/mol. The van der Waals surface area contributed by atoms with Crippen molar-refractivity contribution in [2.45, 2.75) is 19.5 Å². The number of ether oxygens (including phenoxy) is 1. The second-order valence-electron chi connectivity index (χ2n) is 5.87. The standard InChI is InChI=1S/C17H24FN3O3/c1-13(17(23)19-11-14-5-3-4-6-15(14)18)21-9-7-20(8-10-21)12-16(22)24-2/h3-6,13H,7-12H2,1-2H3,(H,19,23)/t13-/m1/s1. The summed E-state index contributed by atoms with van der Waals surface area (Å²) in [5, 5.41) is 2.78. The molecule has 0 saturated carbocycles. The summed E-state index contributed by atoms with van der Waals surface area (Å²) in [5.41, 5.74) is 0.473. The monoisotopic (exact) mass is 337 g/mol. The lowest BCUT2D eigenvalue weighted by atomic mass is 10.2. The van der Waals surface area contributed by atoms with E-state index in [0.717, 1.165) is 0 Å². The minimum Gasteiger partial charge on any atom is -0.468 e. The lowest BCUT2D eigenvalue weighted by molar-refractivity contribution is -0.142. The van der Waals surface area contributed by atoms with Crippen molar-refractivity contribution in [1.29, 1.82) is 0 Å². The lowest BCUT2D eigenvalue weighted by Gasteiger charge is -2.36. The number of carbonyl (C=O) groups is 2. The van der Waals surface area contributed by atoms with Crippen molar-refractivity contribution >= 4 is 11.9 Å². The summed E-state index contributed by atoms with van der Waals surface area (Å²) in [6.45, 7) is 5.11. The van der Waals surface area contributed by atoms with Gasteiger partial charge in [-0.1, -0.05) is 18.2 Å². The SMILES string of the molecule is COC(=O)CN1CCN([C@H](C)C(=O)NCc2ccccc2F)CC1. The topological polar surface area (TPSA) is 61.9 Å². The Morgan fingerprint density at radius 2 is 1.92 bits per heavy atom. The molecule has 1 atom stereocenters. The number of methoxy groups -OCH3 is 1. The highest BCUT2D eigenvalue weighted by atomic mass is 19.1. The summed E-state index contributed by atoms with van der Waals surface area (Å²) >= 11 is 0. The number of amides is 1. The molecule has 132 valence electrons. The highest BCUT2D eigenvalue weighted by molar-refractivity contribution is 5.81. The largest absolute Gasteiger partial charge is 0.468 e. The Labute approximate surface area is 141 Å². The van der Waals surface area contributed by atoms with Crippen LogP contribution < -0.4 is 5.32 Å². The first-order valence-electron chi connectivity index (χ1n) is 8.05. The van der Waals surface area contributed by atoms with Gasteiger partial charge in [-0.2, -0.15) is 0 Å². The van der Waals surface area contributed by atoms with E-state index in [9.17, 15) is 14.0 Å². The average Bonchev–Trinajstić information content (AvgIpc) is 2.60. The third-order valence-corrected chi connectivity index (χ3v) is 4.33. The van der Waals surface area contributed by atoms with Crippen LogP contribution >= 0.6 is 0 Å². The predicted molar refractivity (Wildman–Crippen MR) is 87.7 cm³/mol. The maximum Gasteiger partial charge on any atom is 0.319 e. The molecule has 0 spiro atoms. The van der Waals surface area contributed by atoms with E-state index in [2.05, 4.69) is 15.0 Å². The Balaban J connectivity index is 1.78. The van der Waals surface area contributed by atoms with Gasteiger partial charge in [0.2, 0.25) is 5.91 Å². The average molecular weight is 337 g/mol. The van der Waals surface area contributed by atoms with Crippen molar-refractivity contribution in [3.63, 3.8) is 0 Å². The van der Waals surface area contributed by atoms with Crippen molar-refractivity contribution < 1.29 is 18.7 Å². The van der Waals surface area contributed by atoms with Crippen molar-refractivity contribution in [3.05, 3.63) is 35.6 Å². The first-order chi connectivity index (χ1) is 11.5. The molecule has 7 heteroatoms. The molecule has 1 aromatic rings. The zero-order chi connectivity index (χ0) is 17.5. The number of carbonyl (C=O) groups excluding carboxylic acids is 2. The van der Waals surface area contributed by atoms with E-state index in [1.165, 1.54) is 13.2 Å². The van der Waals surface area contributed by atoms with Crippen LogP contribution in [-0.2, 0) is 20.9 Å². The minimum atomic E-state index is -0.318. The third kappa shape index (κ3) is 5.01.